The van der Waals surface area contributed by atoms with Crippen LogP contribution in [0.25, 0.3) is 0 Å². The molecule has 0 amide bonds. The number of aryl methyl sites for hydroxylation is 1. The summed E-state index contributed by atoms with van der Waals surface area (Å²) >= 11 is 3.46. The van der Waals surface area contributed by atoms with Crippen LogP contribution in [0.2, 0.25) is 0 Å². The van der Waals surface area contributed by atoms with Crippen LogP contribution in [-0.2, 0) is 13.1 Å². The van der Waals surface area contributed by atoms with Crippen molar-refractivity contribution in [3.8, 4) is 0 Å². The number of hydrogen-bond donors (Lipinski definition) is 1. The van der Waals surface area contributed by atoms with E-state index in [0.29, 0.717) is 0 Å². The molecule has 1 saturated heterocycles. The summed E-state index contributed by atoms with van der Waals surface area (Å²) < 4.78 is 3.06. The number of aromatic nitrogens is 2. The minimum atomic E-state index is 0.940. The van der Waals surface area contributed by atoms with Gasteiger partial charge in [0.2, 0.25) is 0 Å². The van der Waals surface area contributed by atoms with E-state index in [-0.39, 0.29) is 0 Å². The minimum absolute atomic E-state index is 0.940. The molecule has 4 nitrogen and oxygen atoms in total. The maximum absolute atomic E-state index is 4.49. The Kier molecular flexibility index (Phi) is 3.77. The number of nitrogens with zero attached hydrogens (tertiary/aromatic N) is 3. The van der Waals surface area contributed by atoms with Gasteiger partial charge in [-0.15, -0.1) is 0 Å². The van der Waals surface area contributed by atoms with Crippen LogP contribution in [0, 0.1) is 0 Å². The van der Waals surface area contributed by atoms with E-state index in [0.717, 1.165) is 49.7 Å². The van der Waals surface area contributed by atoms with Gasteiger partial charge in [0.25, 0.3) is 0 Å². The molecule has 1 aliphatic rings. The molecule has 1 aromatic rings. The number of halogens is 1. The smallest absolute Gasteiger partial charge is 0.177 e. The normalized spacial score (nSPS) is 18.3. The lowest BCUT2D eigenvalue weighted by Gasteiger charge is -2.26. The summed E-state index contributed by atoms with van der Waals surface area (Å²) in [5.74, 6) is 0. The van der Waals surface area contributed by atoms with E-state index in [4.69, 9.17) is 0 Å². The SMILES string of the molecule is CCn1cc(CN2CCNCC2)nc1Br. The van der Waals surface area contributed by atoms with Crippen LogP contribution in [0.3, 0.4) is 0 Å². The molecule has 0 spiro atoms. The molecule has 1 N–H and O–H groups in total. The Morgan fingerprint density at radius 3 is 2.80 bits per heavy atom. The Balaban J connectivity index is 1.97. The second-order valence-corrected chi connectivity index (χ2v) is 4.52. The predicted octanol–water partition coefficient (Wildman–Crippen LogP) is 1.07. The molecule has 1 aliphatic heterocycles. The van der Waals surface area contributed by atoms with Crippen molar-refractivity contribution in [3.63, 3.8) is 0 Å². The van der Waals surface area contributed by atoms with Gasteiger partial charge in [0.05, 0.1) is 5.69 Å². The molecule has 84 valence electrons. The highest BCUT2D eigenvalue weighted by Crippen LogP contribution is 2.12. The Labute approximate surface area is 98.8 Å². The number of nitrogens with one attached hydrogen (secondary N) is 1. The highest BCUT2D eigenvalue weighted by Gasteiger charge is 2.12. The van der Waals surface area contributed by atoms with Crippen LogP contribution >= 0.6 is 15.9 Å². The summed E-state index contributed by atoms with van der Waals surface area (Å²) in [7, 11) is 0. The Hall–Kier alpha value is -0.390. The lowest BCUT2D eigenvalue weighted by atomic mass is 10.3. The topological polar surface area (TPSA) is 33.1 Å². The molecule has 15 heavy (non-hydrogen) atoms. The van der Waals surface area contributed by atoms with Crippen LogP contribution in [0.4, 0.5) is 0 Å². The highest BCUT2D eigenvalue weighted by molar-refractivity contribution is 9.10. The third-order valence-electron chi connectivity index (χ3n) is 2.71. The molecule has 2 rings (SSSR count). The summed E-state index contributed by atoms with van der Waals surface area (Å²) in [5, 5.41) is 3.35. The molecule has 0 bridgehead atoms. The first-order chi connectivity index (χ1) is 7.29. The van der Waals surface area contributed by atoms with E-state index < -0.39 is 0 Å². The van der Waals surface area contributed by atoms with E-state index in [1.54, 1.807) is 0 Å². The van der Waals surface area contributed by atoms with Gasteiger partial charge in [0.15, 0.2) is 4.73 Å². The van der Waals surface area contributed by atoms with Crippen molar-refractivity contribution in [1.29, 1.82) is 0 Å². The van der Waals surface area contributed by atoms with E-state index in [2.05, 4.69) is 48.8 Å². The summed E-state index contributed by atoms with van der Waals surface area (Å²) in [6.45, 7) is 8.49. The second-order valence-electron chi connectivity index (χ2n) is 3.81. The van der Waals surface area contributed by atoms with Gasteiger partial charge in [-0.25, -0.2) is 4.98 Å². The van der Waals surface area contributed by atoms with Crippen LogP contribution < -0.4 is 5.32 Å². The van der Waals surface area contributed by atoms with Gasteiger partial charge in [0, 0.05) is 45.5 Å². The zero-order valence-electron chi connectivity index (χ0n) is 9.04. The quantitative estimate of drug-likeness (QED) is 0.894. The van der Waals surface area contributed by atoms with E-state index in [1.807, 2.05) is 0 Å². The van der Waals surface area contributed by atoms with E-state index in [9.17, 15) is 0 Å². The largest absolute Gasteiger partial charge is 0.326 e. The molecular formula is C10H17BrN4. The molecule has 0 radical (unpaired) electrons. The first kappa shape index (κ1) is 11.1. The fraction of sp³-hybridized carbons (Fsp3) is 0.700. The third-order valence-corrected chi connectivity index (χ3v) is 3.35. The Bertz CT molecular complexity index is 317. The molecule has 0 saturated carbocycles. The predicted molar refractivity (Wildman–Crippen MR) is 63.7 cm³/mol. The maximum Gasteiger partial charge on any atom is 0.177 e. The molecule has 1 fully saturated rings. The fourth-order valence-corrected chi connectivity index (χ4v) is 2.42. The van der Waals surface area contributed by atoms with Crippen LogP contribution in [0.1, 0.15) is 12.6 Å². The third kappa shape index (κ3) is 2.80. The standard InChI is InChI=1S/C10H17BrN4/c1-2-15-8-9(13-10(15)11)7-14-5-3-12-4-6-14/h8,12H,2-7H2,1H3. The fourth-order valence-electron chi connectivity index (χ4n) is 1.84. The minimum Gasteiger partial charge on any atom is -0.326 e. The van der Waals surface area contributed by atoms with Crippen molar-refractivity contribution in [1.82, 2.24) is 19.8 Å². The van der Waals surface area contributed by atoms with Crippen molar-refractivity contribution < 1.29 is 0 Å². The van der Waals surface area contributed by atoms with E-state index in [1.165, 1.54) is 0 Å². The summed E-state index contributed by atoms with van der Waals surface area (Å²) in [6, 6.07) is 0. The molecule has 1 aromatic heterocycles. The van der Waals surface area contributed by atoms with Gasteiger partial charge in [-0.3, -0.25) is 4.90 Å². The van der Waals surface area contributed by atoms with Crippen molar-refractivity contribution in [2.24, 2.45) is 0 Å². The summed E-state index contributed by atoms with van der Waals surface area (Å²) in [4.78, 5) is 6.93. The van der Waals surface area contributed by atoms with Gasteiger partial charge in [-0.1, -0.05) is 0 Å². The zero-order chi connectivity index (χ0) is 10.7. The Morgan fingerprint density at radius 2 is 2.20 bits per heavy atom. The van der Waals surface area contributed by atoms with Crippen molar-refractivity contribution in [3.05, 3.63) is 16.6 Å². The number of hydrogen-bond acceptors (Lipinski definition) is 3. The molecule has 0 atom stereocenters. The summed E-state index contributed by atoms with van der Waals surface area (Å²) in [5.41, 5.74) is 1.16. The molecule has 0 aliphatic carbocycles. The van der Waals surface area contributed by atoms with Crippen molar-refractivity contribution >= 4 is 15.9 Å². The molecule has 5 heteroatoms. The number of piperazine rings is 1. The van der Waals surface area contributed by atoms with Gasteiger partial charge < -0.3 is 9.88 Å². The molecule has 0 unspecified atom stereocenters. The monoisotopic (exact) mass is 272 g/mol. The zero-order valence-corrected chi connectivity index (χ0v) is 10.6. The first-order valence-electron chi connectivity index (χ1n) is 5.44. The van der Waals surface area contributed by atoms with Gasteiger partial charge >= 0.3 is 0 Å². The second kappa shape index (κ2) is 5.09. The summed E-state index contributed by atoms with van der Waals surface area (Å²) in [6.07, 6.45) is 2.13. The highest BCUT2D eigenvalue weighted by atomic mass is 79.9. The maximum atomic E-state index is 4.49. The number of imidazole rings is 1. The average Bonchev–Trinajstić information content (AvgIpc) is 2.60. The lowest BCUT2D eigenvalue weighted by molar-refractivity contribution is 0.231. The molecule has 2 heterocycles. The number of rotatable bonds is 3. The van der Waals surface area contributed by atoms with Gasteiger partial charge in [-0.05, 0) is 22.9 Å². The van der Waals surface area contributed by atoms with Crippen molar-refractivity contribution in [2.45, 2.75) is 20.0 Å². The molecular weight excluding hydrogens is 256 g/mol. The average molecular weight is 273 g/mol. The lowest BCUT2D eigenvalue weighted by Crippen LogP contribution is -2.42. The molecule has 0 aromatic carbocycles. The van der Waals surface area contributed by atoms with Gasteiger partial charge in [0.1, 0.15) is 0 Å². The Morgan fingerprint density at radius 1 is 1.47 bits per heavy atom. The van der Waals surface area contributed by atoms with E-state index >= 15 is 0 Å². The van der Waals surface area contributed by atoms with Crippen LogP contribution in [0.15, 0.2) is 10.9 Å². The van der Waals surface area contributed by atoms with Crippen LogP contribution in [0.5, 0.6) is 0 Å². The van der Waals surface area contributed by atoms with Gasteiger partial charge in [-0.2, -0.15) is 0 Å². The first-order valence-corrected chi connectivity index (χ1v) is 6.23. The van der Waals surface area contributed by atoms with Crippen molar-refractivity contribution in [2.75, 3.05) is 26.2 Å². The van der Waals surface area contributed by atoms with Crippen LogP contribution in [-0.4, -0.2) is 40.6 Å².